The third-order valence-electron chi connectivity index (χ3n) is 1.85. The molecule has 0 saturated carbocycles. The van der Waals surface area contributed by atoms with Crippen molar-refractivity contribution in [1.29, 1.82) is 0 Å². The van der Waals surface area contributed by atoms with Gasteiger partial charge in [-0.25, -0.2) is 4.79 Å². The summed E-state index contributed by atoms with van der Waals surface area (Å²) in [7, 11) is 1.36. The molecule has 4 nitrogen and oxygen atoms in total. The SMILES string of the molecule is COc1ccc(/C=C/Br)c(C(=O)O)c1O. The number of aromatic carboxylic acids is 1. The van der Waals surface area contributed by atoms with Crippen molar-refractivity contribution in [2.24, 2.45) is 0 Å². The van der Waals surface area contributed by atoms with E-state index >= 15 is 0 Å². The normalized spacial score (nSPS) is 10.5. The van der Waals surface area contributed by atoms with Crippen LogP contribution in [0.4, 0.5) is 0 Å². The van der Waals surface area contributed by atoms with Crippen LogP contribution in [0.1, 0.15) is 15.9 Å². The highest BCUT2D eigenvalue weighted by molar-refractivity contribution is 9.11. The van der Waals surface area contributed by atoms with Gasteiger partial charge in [-0.05, 0) is 22.7 Å². The van der Waals surface area contributed by atoms with E-state index in [-0.39, 0.29) is 17.1 Å². The van der Waals surface area contributed by atoms with Gasteiger partial charge in [-0.2, -0.15) is 0 Å². The van der Waals surface area contributed by atoms with Crippen molar-refractivity contribution in [2.45, 2.75) is 0 Å². The minimum absolute atomic E-state index is 0.138. The molecule has 15 heavy (non-hydrogen) atoms. The molecule has 0 amide bonds. The molecule has 0 unspecified atom stereocenters. The van der Waals surface area contributed by atoms with Crippen LogP contribution in [0.3, 0.4) is 0 Å². The number of hydrogen-bond acceptors (Lipinski definition) is 3. The number of halogens is 1. The summed E-state index contributed by atoms with van der Waals surface area (Å²) in [5.41, 5.74) is 0.225. The van der Waals surface area contributed by atoms with E-state index in [0.717, 1.165) is 0 Å². The van der Waals surface area contributed by atoms with Crippen molar-refractivity contribution in [3.63, 3.8) is 0 Å². The Kier molecular flexibility index (Phi) is 3.74. The average Bonchev–Trinajstić information content (AvgIpc) is 2.18. The number of phenols is 1. The lowest BCUT2D eigenvalue weighted by molar-refractivity contribution is 0.0693. The first-order valence-electron chi connectivity index (χ1n) is 4.01. The predicted molar refractivity (Wildman–Crippen MR) is 59.6 cm³/mol. The Morgan fingerprint density at radius 2 is 2.20 bits per heavy atom. The van der Waals surface area contributed by atoms with Crippen molar-refractivity contribution in [3.8, 4) is 11.5 Å². The molecule has 1 rings (SSSR count). The standard InChI is InChI=1S/C10H9BrO4/c1-15-7-3-2-6(4-5-11)8(9(7)12)10(13)14/h2-5,12H,1H3,(H,13,14)/b5-4+. The molecule has 1 aromatic rings. The Labute approximate surface area is 94.9 Å². The van der Waals surface area contributed by atoms with Crippen LogP contribution in [-0.2, 0) is 0 Å². The number of methoxy groups -OCH3 is 1. The molecule has 2 N–H and O–H groups in total. The number of carboxylic acid groups (broad SMARTS) is 1. The van der Waals surface area contributed by atoms with E-state index in [1.165, 1.54) is 24.2 Å². The summed E-state index contributed by atoms with van der Waals surface area (Å²) >= 11 is 3.04. The molecule has 0 radical (unpaired) electrons. The molecular formula is C10H9BrO4. The van der Waals surface area contributed by atoms with Crippen LogP contribution in [0, 0.1) is 0 Å². The Balaban J connectivity index is 3.44. The molecule has 0 saturated heterocycles. The lowest BCUT2D eigenvalue weighted by Gasteiger charge is -2.08. The van der Waals surface area contributed by atoms with Gasteiger partial charge in [0.25, 0.3) is 0 Å². The predicted octanol–water partition coefficient (Wildman–Crippen LogP) is 2.46. The maximum absolute atomic E-state index is 10.9. The largest absolute Gasteiger partial charge is 0.504 e. The third-order valence-corrected chi connectivity index (χ3v) is 2.11. The monoisotopic (exact) mass is 272 g/mol. The van der Waals surface area contributed by atoms with E-state index in [4.69, 9.17) is 9.84 Å². The molecule has 0 spiro atoms. The van der Waals surface area contributed by atoms with Crippen LogP contribution < -0.4 is 4.74 Å². The highest BCUT2D eigenvalue weighted by Crippen LogP contribution is 2.32. The Hall–Kier alpha value is -1.49. The van der Waals surface area contributed by atoms with Crippen molar-refractivity contribution < 1.29 is 19.7 Å². The van der Waals surface area contributed by atoms with Crippen LogP contribution in [0.5, 0.6) is 11.5 Å². The highest BCUT2D eigenvalue weighted by atomic mass is 79.9. The smallest absolute Gasteiger partial charge is 0.340 e. The van der Waals surface area contributed by atoms with Gasteiger partial charge >= 0.3 is 5.97 Å². The van der Waals surface area contributed by atoms with Crippen LogP contribution in [-0.4, -0.2) is 23.3 Å². The van der Waals surface area contributed by atoms with E-state index in [2.05, 4.69) is 15.9 Å². The summed E-state index contributed by atoms with van der Waals surface area (Å²) in [6.45, 7) is 0. The number of rotatable bonds is 3. The molecule has 1 aromatic carbocycles. The zero-order valence-electron chi connectivity index (χ0n) is 7.90. The molecule has 0 aliphatic heterocycles. The second-order valence-electron chi connectivity index (χ2n) is 2.68. The minimum Gasteiger partial charge on any atom is -0.504 e. The van der Waals surface area contributed by atoms with Gasteiger partial charge in [0.05, 0.1) is 7.11 Å². The summed E-state index contributed by atoms with van der Waals surface area (Å²) in [5, 5.41) is 18.5. The quantitative estimate of drug-likeness (QED) is 0.887. The van der Waals surface area contributed by atoms with E-state index in [9.17, 15) is 9.90 Å². The van der Waals surface area contributed by atoms with Gasteiger partial charge in [-0.15, -0.1) is 0 Å². The molecule has 0 atom stereocenters. The fourth-order valence-electron chi connectivity index (χ4n) is 1.18. The van der Waals surface area contributed by atoms with Crippen LogP contribution in [0.2, 0.25) is 0 Å². The van der Waals surface area contributed by atoms with E-state index in [1.54, 1.807) is 6.07 Å². The third kappa shape index (κ3) is 2.30. The summed E-state index contributed by atoms with van der Waals surface area (Å²) in [6.07, 6.45) is 1.53. The van der Waals surface area contributed by atoms with Gasteiger partial charge in [0.15, 0.2) is 11.5 Å². The summed E-state index contributed by atoms with van der Waals surface area (Å²) in [4.78, 5) is 12.4. The molecule has 0 aromatic heterocycles. The first-order chi connectivity index (χ1) is 7.11. The average molecular weight is 273 g/mol. The molecule has 0 aliphatic rings. The fourth-order valence-corrected chi connectivity index (χ4v) is 1.47. The Bertz CT molecular complexity index is 412. The first kappa shape index (κ1) is 11.6. The molecular weight excluding hydrogens is 264 g/mol. The van der Waals surface area contributed by atoms with Crippen LogP contribution in [0.25, 0.3) is 6.08 Å². The van der Waals surface area contributed by atoms with Gasteiger partial charge in [-0.1, -0.05) is 22.0 Å². The van der Waals surface area contributed by atoms with Crippen LogP contribution in [0.15, 0.2) is 17.1 Å². The van der Waals surface area contributed by atoms with Crippen molar-refractivity contribution >= 4 is 28.0 Å². The van der Waals surface area contributed by atoms with Gasteiger partial charge in [0.1, 0.15) is 5.56 Å². The Morgan fingerprint density at radius 1 is 1.53 bits per heavy atom. The molecule has 0 aliphatic carbocycles. The number of benzene rings is 1. The highest BCUT2D eigenvalue weighted by Gasteiger charge is 2.17. The number of hydrogen-bond donors (Lipinski definition) is 2. The number of ether oxygens (including phenoxy) is 1. The van der Waals surface area contributed by atoms with Crippen molar-refractivity contribution in [3.05, 3.63) is 28.2 Å². The maximum atomic E-state index is 10.9. The summed E-state index contributed by atoms with van der Waals surface area (Å²) < 4.78 is 4.82. The van der Waals surface area contributed by atoms with Crippen molar-refractivity contribution in [1.82, 2.24) is 0 Å². The summed E-state index contributed by atoms with van der Waals surface area (Å²) in [6, 6.07) is 3.06. The molecule has 5 heteroatoms. The molecule has 0 bridgehead atoms. The number of aromatic hydroxyl groups is 1. The molecule has 0 fully saturated rings. The first-order valence-corrected chi connectivity index (χ1v) is 4.93. The second kappa shape index (κ2) is 4.84. The number of carboxylic acids is 1. The van der Waals surface area contributed by atoms with Crippen LogP contribution >= 0.6 is 15.9 Å². The van der Waals surface area contributed by atoms with E-state index < -0.39 is 5.97 Å². The maximum Gasteiger partial charge on any atom is 0.340 e. The topological polar surface area (TPSA) is 66.8 Å². The van der Waals surface area contributed by atoms with Gasteiger partial charge < -0.3 is 14.9 Å². The molecule has 80 valence electrons. The second-order valence-corrected chi connectivity index (χ2v) is 3.21. The van der Waals surface area contributed by atoms with E-state index in [1.807, 2.05) is 0 Å². The van der Waals surface area contributed by atoms with Gasteiger partial charge in [0, 0.05) is 0 Å². The van der Waals surface area contributed by atoms with E-state index in [0.29, 0.717) is 5.56 Å². The zero-order chi connectivity index (χ0) is 11.4. The zero-order valence-corrected chi connectivity index (χ0v) is 9.48. The number of carbonyl (C=O) groups is 1. The van der Waals surface area contributed by atoms with Gasteiger partial charge in [-0.3, -0.25) is 0 Å². The fraction of sp³-hybridized carbons (Fsp3) is 0.100. The lowest BCUT2D eigenvalue weighted by Crippen LogP contribution is -2.01. The summed E-state index contributed by atoms with van der Waals surface area (Å²) in [5.74, 6) is -1.43. The van der Waals surface area contributed by atoms with Crippen molar-refractivity contribution in [2.75, 3.05) is 7.11 Å². The molecule has 0 heterocycles. The minimum atomic E-state index is -1.20. The van der Waals surface area contributed by atoms with Gasteiger partial charge in [0.2, 0.25) is 0 Å². The lowest BCUT2D eigenvalue weighted by atomic mass is 10.1. The Morgan fingerprint density at radius 3 is 2.67 bits per heavy atom.